The summed E-state index contributed by atoms with van der Waals surface area (Å²) in [6, 6.07) is 8.43. The number of unbranched alkanes of at least 4 members (excludes halogenated alkanes) is 1. The molecule has 0 bridgehead atoms. The van der Waals surface area contributed by atoms with Crippen molar-refractivity contribution >= 4 is 17.3 Å². The molecule has 2 rings (SSSR count). The Hall–Kier alpha value is -1.24. The molecular weight excluding hydrogens is 270 g/mol. The van der Waals surface area contributed by atoms with Gasteiger partial charge in [-0.15, -0.1) is 0 Å². The lowest BCUT2D eigenvalue weighted by molar-refractivity contribution is 0.572. The molecule has 0 aliphatic carbocycles. The van der Waals surface area contributed by atoms with Gasteiger partial charge < -0.3 is 10.2 Å². The molecule has 20 heavy (non-hydrogen) atoms. The Morgan fingerprint density at radius 2 is 2.35 bits per heavy atom. The van der Waals surface area contributed by atoms with Crippen molar-refractivity contribution in [1.29, 1.82) is 5.26 Å². The Bertz CT molecular complexity index is 475. The average Bonchev–Trinajstić information content (AvgIpc) is 2.96. The van der Waals surface area contributed by atoms with Gasteiger partial charge in [0.05, 0.1) is 10.6 Å². The number of rotatable bonds is 6. The maximum atomic E-state index is 8.96. The average molecular weight is 292 g/mol. The van der Waals surface area contributed by atoms with Crippen molar-refractivity contribution in [3.05, 3.63) is 28.8 Å². The molecule has 1 fully saturated rings. The van der Waals surface area contributed by atoms with Crippen molar-refractivity contribution in [1.82, 2.24) is 5.32 Å². The lowest BCUT2D eigenvalue weighted by Gasteiger charge is -2.28. The Morgan fingerprint density at radius 3 is 2.95 bits per heavy atom. The minimum Gasteiger partial charge on any atom is -0.370 e. The molecule has 1 unspecified atom stereocenters. The summed E-state index contributed by atoms with van der Waals surface area (Å²) in [6.07, 6.45) is 4.86. The molecule has 1 aliphatic rings. The lowest BCUT2D eigenvalue weighted by atomic mass is 10.1. The van der Waals surface area contributed by atoms with Crippen LogP contribution in [0.3, 0.4) is 0 Å². The molecule has 1 atom stereocenters. The summed E-state index contributed by atoms with van der Waals surface area (Å²) in [5.74, 6) is 0. The third kappa shape index (κ3) is 3.88. The van der Waals surface area contributed by atoms with Crippen LogP contribution in [0.2, 0.25) is 5.02 Å². The highest BCUT2D eigenvalue weighted by atomic mass is 35.5. The third-order valence-corrected chi connectivity index (χ3v) is 4.14. The van der Waals surface area contributed by atoms with Gasteiger partial charge >= 0.3 is 0 Å². The van der Waals surface area contributed by atoms with Crippen LogP contribution in [0, 0.1) is 11.3 Å². The van der Waals surface area contributed by atoms with Crippen LogP contribution < -0.4 is 10.2 Å². The normalized spacial score (nSPS) is 17.9. The Kier molecular flexibility index (Phi) is 5.70. The van der Waals surface area contributed by atoms with Gasteiger partial charge in [0.15, 0.2) is 0 Å². The van der Waals surface area contributed by atoms with Crippen molar-refractivity contribution in [2.45, 2.75) is 38.6 Å². The second kappa shape index (κ2) is 7.52. The molecule has 0 amide bonds. The van der Waals surface area contributed by atoms with E-state index in [9.17, 15) is 0 Å². The smallest absolute Gasteiger partial charge is 0.101 e. The fourth-order valence-corrected chi connectivity index (χ4v) is 2.86. The molecule has 0 radical (unpaired) electrons. The number of nitrogens with one attached hydrogen (secondary N) is 1. The van der Waals surface area contributed by atoms with Crippen molar-refractivity contribution in [3.8, 4) is 6.07 Å². The summed E-state index contributed by atoms with van der Waals surface area (Å²) in [6.45, 7) is 5.39. The predicted octanol–water partition coefficient (Wildman–Crippen LogP) is 3.57. The zero-order valence-electron chi connectivity index (χ0n) is 12.0. The molecule has 108 valence electrons. The maximum Gasteiger partial charge on any atom is 0.101 e. The van der Waals surface area contributed by atoms with Gasteiger partial charge in [0.25, 0.3) is 0 Å². The predicted molar refractivity (Wildman–Crippen MR) is 84.3 cm³/mol. The molecule has 1 N–H and O–H groups in total. The number of benzene rings is 1. The van der Waals surface area contributed by atoms with Crippen molar-refractivity contribution in [2.24, 2.45) is 0 Å². The van der Waals surface area contributed by atoms with Gasteiger partial charge in [-0.2, -0.15) is 5.26 Å². The Labute approximate surface area is 126 Å². The summed E-state index contributed by atoms with van der Waals surface area (Å²) in [7, 11) is 0. The lowest BCUT2D eigenvalue weighted by Crippen LogP contribution is -2.38. The first-order chi connectivity index (χ1) is 9.74. The number of hydrogen-bond donors (Lipinski definition) is 1. The molecule has 1 aromatic rings. The number of nitrogens with zero attached hydrogens (tertiary/aromatic N) is 2. The minimum atomic E-state index is 0.546. The van der Waals surface area contributed by atoms with Crippen LogP contribution in [-0.2, 0) is 0 Å². The third-order valence-electron chi connectivity index (χ3n) is 3.82. The molecule has 0 spiro atoms. The van der Waals surface area contributed by atoms with Crippen LogP contribution in [0.15, 0.2) is 18.2 Å². The van der Waals surface area contributed by atoms with Gasteiger partial charge in [0, 0.05) is 24.8 Å². The van der Waals surface area contributed by atoms with Crippen LogP contribution in [0.1, 0.15) is 38.2 Å². The Morgan fingerprint density at radius 1 is 1.50 bits per heavy atom. The van der Waals surface area contributed by atoms with E-state index in [1.165, 1.54) is 25.7 Å². The van der Waals surface area contributed by atoms with Crippen LogP contribution in [-0.4, -0.2) is 25.7 Å². The van der Waals surface area contributed by atoms with Crippen molar-refractivity contribution in [2.75, 3.05) is 24.5 Å². The highest BCUT2D eigenvalue weighted by Gasteiger charge is 2.18. The topological polar surface area (TPSA) is 39.1 Å². The fourth-order valence-electron chi connectivity index (χ4n) is 2.64. The van der Waals surface area contributed by atoms with Crippen molar-refractivity contribution in [3.63, 3.8) is 0 Å². The van der Waals surface area contributed by atoms with Crippen LogP contribution in [0.4, 0.5) is 5.69 Å². The molecule has 0 aromatic heterocycles. The van der Waals surface area contributed by atoms with E-state index in [0.717, 1.165) is 25.3 Å². The van der Waals surface area contributed by atoms with E-state index in [1.54, 1.807) is 0 Å². The van der Waals surface area contributed by atoms with Gasteiger partial charge in [-0.25, -0.2) is 0 Å². The summed E-state index contributed by atoms with van der Waals surface area (Å²) >= 11 is 6.16. The molecule has 0 saturated carbocycles. The van der Waals surface area contributed by atoms with E-state index < -0.39 is 0 Å². The quantitative estimate of drug-likeness (QED) is 0.871. The van der Waals surface area contributed by atoms with Gasteiger partial charge in [-0.1, -0.05) is 24.9 Å². The second-order valence-electron chi connectivity index (χ2n) is 5.37. The minimum absolute atomic E-state index is 0.546. The molecule has 3 nitrogen and oxygen atoms in total. The molecule has 1 aromatic carbocycles. The van der Waals surface area contributed by atoms with E-state index in [-0.39, 0.29) is 0 Å². The maximum absolute atomic E-state index is 8.96. The molecule has 4 heteroatoms. The summed E-state index contributed by atoms with van der Waals surface area (Å²) in [5.41, 5.74) is 1.67. The first kappa shape index (κ1) is 15.2. The van der Waals surface area contributed by atoms with Crippen LogP contribution >= 0.6 is 11.6 Å². The second-order valence-corrected chi connectivity index (χ2v) is 5.78. The zero-order valence-corrected chi connectivity index (χ0v) is 12.8. The molecule has 1 saturated heterocycles. The van der Waals surface area contributed by atoms with Crippen LogP contribution in [0.25, 0.3) is 0 Å². The van der Waals surface area contributed by atoms with E-state index in [1.807, 2.05) is 18.2 Å². The van der Waals surface area contributed by atoms with Gasteiger partial charge in [0.2, 0.25) is 0 Å². The number of anilines is 1. The first-order valence-corrected chi connectivity index (χ1v) is 7.80. The van der Waals surface area contributed by atoms with Crippen LogP contribution in [0.5, 0.6) is 0 Å². The number of nitriles is 1. The largest absolute Gasteiger partial charge is 0.370 e. The first-order valence-electron chi connectivity index (χ1n) is 7.42. The van der Waals surface area contributed by atoms with Gasteiger partial charge in [0.1, 0.15) is 6.07 Å². The highest BCUT2D eigenvalue weighted by Crippen LogP contribution is 2.24. The molecule has 1 aliphatic heterocycles. The van der Waals surface area contributed by atoms with Gasteiger partial charge in [-0.05, 0) is 44.0 Å². The van der Waals surface area contributed by atoms with E-state index in [4.69, 9.17) is 16.9 Å². The highest BCUT2D eigenvalue weighted by molar-refractivity contribution is 6.32. The number of hydrogen-bond acceptors (Lipinski definition) is 3. The zero-order chi connectivity index (χ0) is 14.4. The standard InChI is InChI=1S/C16H22ClN3/c1-2-3-9-20(12-14-5-4-8-19-14)15-7-6-13(11-18)16(17)10-15/h6-7,10,14,19H,2-5,8-9,12H2,1H3. The monoisotopic (exact) mass is 291 g/mol. The van der Waals surface area contributed by atoms with E-state index in [2.05, 4.69) is 23.2 Å². The SMILES string of the molecule is CCCCN(CC1CCCN1)c1ccc(C#N)c(Cl)c1. The number of halogens is 1. The Balaban J connectivity index is 2.12. The van der Waals surface area contributed by atoms with Gasteiger partial charge in [-0.3, -0.25) is 0 Å². The summed E-state index contributed by atoms with van der Waals surface area (Å²) < 4.78 is 0. The van der Waals surface area contributed by atoms with E-state index in [0.29, 0.717) is 16.6 Å². The fraction of sp³-hybridized carbons (Fsp3) is 0.562. The van der Waals surface area contributed by atoms with Crippen molar-refractivity contribution < 1.29 is 0 Å². The summed E-state index contributed by atoms with van der Waals surface area (Å²) in [4.78, 5) is 2.39. The van der Waals surface area contributed by atoms with E-state index >= 15 is 0 Å². The molecule has 1 heterocycles. The molecular formula is C16H22ClN3. The summed E-state index contributed by atoms with van der Waals surface area (Å²) in [5, 5.41) is 13.1.